The van der Waals surface area contributed by atoms with Crippen LogP contribution in [0, 0.1) is 12.8 Å². The van der Waals surface area contributed by atoms with Crippen molar-refractivity contribution in [1.29, 1.82) is 0 Å². The quantitative estimate of drug-likeness (QED) is 0.765. The summed E-state index contributed by atoms with van der Waals surface area (Å²) in [6.45, 7) is 1.49. The lowest BCUT2D eigenvalue weighted by molar-refractivity contribution is -0.139. The number of carboxylic acid groups (broad SMARTS) is 1. The molecule has 1 aliphatic carbocycles. The molecule has 0 aromatic heterocycles. The Morgan fingerprint density at radius 1 is 1.30 bits per heavy atom. The summed E-state index contributed by atoms with van der Waals surface area (Å²) < 4.78 is 5.12. The first-order valence-electron chi connectivity index (χ1n) is 8.29. The van der Waals surface area contributed by atoms with Gasteiger partial charge in [0.15, 0.2) is 6.61 Å². The molecule has 5 nitrogen and oxygen atoms in total. The van der Waals surface area contributed by atoms with E-state index < -0.39 is 5.97 Å². The van der Waals surface area contributed by atoms with Crippen LogP contribution in [0.2, 0.25) is 0 Å². The molecule has 2 N–H and O–H groups in total. The number of anilines is 1. The number of carbonyl (C=O) groups excluding carboxylic acids is 1. The Kier molecular flexibility index (Phi) is 6.44. The maximum atomic E-state index is 12.0. The third-order valence-electron chi connectivity index (χ3n) is 4.33. The van der Waals surface area contributed by atoms with Crippen LogP contribution < -0.4 is 10.1 Å². The molecule has 23 heavy (non-hydrogen) atoms. The van der Waals surface area contributed by atoms with Gasteiger partial charge in [-0.3, -0.25) is 4.79 Å². The van der Waals surface area contributed by atoms with Gasteiger partial charge in [-0.05, 0) is 49.4 Å². The predicted octanol–water partition coefficient (Wildman–Crippen LogP) is 3.76. The van der Waals surface area contributed by atoms with E-state index in [4.69, 9.17) is 9.84 Å². The molecule has 0 spiro atoms. The van der Waals surface area contributed by atoms with Crippen molar-refractivity contribution in [1.82, 2.24) is 0 Å². The van der Waals surface area contributed by atoms with Crippen LogP contribution in [0.25, 0.3) is 0 Å². The third kappa shape index (κ3) is 5.93. The van der Waals surface area contributed by atoms with Crippen LogP contribution in [0.5, 0.6) is 5.75 Å². The number of nitrogens with one attached hydrogen (secondary N) is 1. The Balaban J connectivity index is 1.77. The van der Waals surface area contributed by atoms with E-state index in [-0.39, 0.29) is 12.5 Å². The summed E-state index contributed by atoms with van der Waals surface area (Å²) in [5.74, 6) is 0.326. The Hall–Kier alpha value is -2.04. The van der Waals surface area contributed by atoms with E-state index in [0.717, 1.165) is 30.0 Å². The number of aryl methyl sites for hydroxylation is 1. The van der Waals surface area contributed by atoms with Gasteiger partial charge in [0, 0.05) is 12.1 Å². The van der Waals surface area contributed by atoms with Crippen LogP contribution in [0.15, 0.2) is 18.2 Å². The average molecular weight is 319 g/mol. The molecule has 0 aliphatic heterocycles. The van der Waals surface area contributed by atoms with Crippen LogP contribution in [0.4, 0.5) is 5.69 Å². The number of aliphatic carboxylic acids is 1. The Labute approximate surface area is 137 Å². The fraction of sp³-hybridized carbons (Fsp3) is 0.556. The van der Waals surface area contributed by atoms with Crippen molar-refractivity contribution in [2.24, 2.45) is 5.92 Å². The number of hydrogen-bond acceptors (Lipinski definition) is 3. The fourth-order valence-electron chi connectivity index (χ4n) is 3.07. The number of hydrogen-bond donors (Lipinski definition) is 2. The van der Waals surface area contributed by atoms with Crippen molar-refractivity contribution in [2.75, 3.05) is 11.9 Å². The standard InChI is InChI=1S/C18H25NO4/c1-13-11-15(23-12-18(21)22)9-10-16(13)19-17(20)8-4-7-14-5-2-3-6-14/h9-11,14H,2-8,12H2,1H3,(H,19,20)(H,21,22). The molecular formula is C18H25NO4. The average Bonchev–Trinajstić information content (AvgIpc) is 3.01. The number of carbonyl (C=O) groups is 2. The van der Waals surface area contributed by atoms with Crippen molar-refractivity contribution < 1.29 is 19.4 Å². The molecule has 2 rings (SSSR count). The second-order valence-corrected chi connectivity index (χ2v) is 6.25. The van der Waals surface area contributed by atoms with Gasteiger partial charge in [0.1, 0.15) is 5.75 Å². The zero-order chi connectivity index (χ0) is 16.7. The fourth-order valence-corrected chi connectivity index (χ4v) is 3.07. The van der Waals surface area contributed by atoms with Crippen molar-refractivity contribution in [3.05, 3.63) is 23.8 Å². The zero-order valence-electron chi connectivity index (χ0n) is 13.6. The highest BCUT2D eigenvalue weighted by atomic mass is 16.5. The SMILES string of the molecule is Cc1cc(OCC(=O)O)ccc1NC(=O)CCCC1CCCC1. The molecule has 1 aromatic rings. The topological polar surface area (TPSA) is 75.6 Å². The molecule has 5 heteroatoms. The van der Waals surface area contributed by atoms with E-state index in [0.29, 0.717) is 12.2 Å². The molecule has 0 saturated heterocycles. The summed E-state index contributed by atoms with van der Waals surface area (Å²) in [5.41, 5.74) is 1.61. The minimum atomic E-state index is -1.01. The van der Waals surface area contributed by atoms with Crippen LogP contribution in [-0.2, 0) is 9.59 Å². The molecule has 0 heterocycles. The summed E-state index contributed by atoms with van der Waals surface area (Å²) in [4.78, 5) is 22.5. The summed E-state index contributed by atoms with van der Waals surface area (Å²) in [6, 6.07) is 5.16. The van der Waals surface area contributed by atoms with Gasteiger partial charge in [0.2, 0.25) is 5.91 Å². The highest BCUT2D eigenvalue weighted by molar-refractivity contribution is 5.91. The minimum absolute atomic E-state index is 0.0327. The van der Waals surface area contributed by atoms with Gasteiger partial charge in [0.05, 0.1) is 0 Å². The van der Waals surface area contributed by atoms with Crippen LogP contribution >= 0.6 is 0 Å². The monoisotopic (exact) mass is 319 g/mol. The summed E-state index contributed by atoms with van der Waals surface area (Å²) in [5, 5.41) is 11.5. The second-order valence-electron chi connectivity index (χ2n) is 6.25. The molecule has 1 amide bonds. The summed E-state index contributed by atoms with van der Waals surface area (Å²) in [7, 11) is 0. The molecule has 1 aliphatic rings. The van der Waals surface area contributed by atoms with Gasteiger partial charge in [-0.25, -0.2) is 4.79 Å². The molecule has 1 saturated carbocycles. The first kappa shape index (κ1) is 17.3. The predicted molar refractivity (Wildman–Crippen MR) is 88.7 cm³/mol. The van der Waals surface area contributed by atoms with Gasteiger partial charge >= 0.3 is 5.97 Å². The van der Waals surface area contributed by atoms with Crippen molar-refractivity contribution >= 4 is 17.6 Å². The first-order chi connectivity index (χ1) is 11.0. The summed E-state index contributed by atoms with van der Waals surface area (Å²) in [6.07, 6.45) is 7.95. The first-order valence-corrected chi connectivity index (χ1v) is 8.29. The highest BCUT2D eigenvalue weighted by Gasteiger charge is 2.15. The second kappa shape index (κ2) is 8.56. The number of rotatable bonds is 8. The van der Waals surface area contributed by atoms with Crippen LogP contribution in [-0.4, -0.2) is 23.6 Å². The van der Waals surface area contributed by atoms with Gasteiger partial charge in [0.25, 0.3) is 0 Å². The summed E-state index contributed by atoms with van der Waals surface area (Å²) >= 11 is 0. The number of benzene rings is 1. The zero-order valence-corrected chi connectivity index (χ0v) is 13.6. The lowest BCUT2D eigenvalue weighted by Gasteiger charge is -2.11. The lowest BCUT2D eigenvalue weighted by Crippen LogP contribution is -2.13. The van der Waals surface area contributed by atoms with E-state index in [2.05, 4.69) is 5.32 Å². The van der Waals surface area contributed by atoms with E-state index in [1.54, 1.807) is 18.2 Å². The van der Waals surface area contributed by atoms with Gasteiger partial charge in [-0.15, -0.1) is 0 Å². The molecule has 0 unspecified atom stereocenters. The van der Waals surface area contributed by atoms with Crippen molar-refractivity contribution in [2.45, 2.75) is 51.9 Å². The molecular weight excluding hydrogens is 294 g/mol. The molecule has 0 atom stereocenters. The normalized spacial score (nSPS) is 14.7. The van der Waals surface area contributed by atoms with Gasteiger partial charge in [-0.2, -0.15) is 0 Å². The van der Waals surface area contributed by atoms with Crippen LogP contribution in [0.1, 0.15) is 50.5 Å². The van der Waals surface area contributed by atoms with E-state index >= 15 is 0 Å². The highest BCUT2D eigenvalue weighted by Crippen LogP contribution is 2.29. The number of ether oxygens (including phenoxy) is 1. The molecule has 1 aromatic carbocycles. The van der Waals surface area contributed by atoms with Crippen molar-refractivity contribution in [3.63, 3.8) is 0 Å². The Bertz CT molecular complexity index is 550. The van der Waals surface area contributed by atoms with E-state index in [1.165, 1.54) is 25.7 Å². The minimum Gasteiger partial charge on any atom is -0.482 e. The maximum absolute atomic E-state index is 12.0. The third-order valence-corrected chi connectivity index (χ3v) is 4.33. The van der Waals surface area contributed by atoms with Crippen LogP contribution in [0.3, 0.4) is 0 Å². The smallest absolute Gasteiger partial charge is 0.341 e. The van der Waals surface area contributed by atoms with E-state index in [1.807, 2.05) is 6.92 Å². The number of carboxylic acids is 1. The maximum Gasteiger partial charge on any atom is 0.341 e. The van der Waals surface area contributed by atoms with Gasteiger partial charge < -0.3 is 15.2 Å². The Morgan fingerprint density at radius 2 is 2.04 bits per heavy atom. The van der Waals surface area contributed by atoms with E-state index in [9.17, 15) is 9.59 Å². The lowest BCUT2D eigenvalue weighted by atomic mass is 10.0. The molecule has 0 bridgehead atoms. The number of amides is 1. The van der Waals surface area contributed by atoms with Gasteiger partial charge in [-0.1, -0.05) is 25.7 Å². The molecule has 0 radical (unpaired) electrons. The Morgan fingerprint density at radius 3 is 2.70 bits per heavy atom. The van der Waals surface area contributed by atoms with Crippen molar-refractivity contribution in [3.8, 4) is 5.75 Å². The largest absolute Gasteiger partial charge is 0.482 e. The molecule has 126 valence electrons. The molecule has 1 fully saturated rings.